The summed E-state index contributed by atoms with van der Waals surface area (Å²) in [4.78, 5) is 21.8. The van der Waals surface area contributed by atoms with E-state index in [1.807, 2.05) is 6.92 Å². The first-order valence-corrected chi connectivity index (χ1v) is 4.48. The molecule has 0 saturated carbocycles. The number of hydrogen-bond acceptors (Lipinski definition) is 3. The van der Waals surface area contributed by atoms with E-state index in [1.165, 1.54) is 0 Å². The molecule has 4 heteroatoms. The summed E-state index contributed by atoms with van der Waals surface area (Å²) < 4.78 is 0. The molecule has 0 bridgehead atoms. The van der Waals surface area contributed by atoms with Crippen molar-refractivity contribution in [3.8, 4) is 12.3 Å². The molecular weight excluding hydrogens is 174 g/mol. The lowest BCUT2D eigenvalue weighted by atomic mass is 10.0. The Labute approximate surface area is 75.3 Å². The Kier molecular flexibility index (Phi) is 2.77. The number of rotatable bonds is 2. The zero-order chi connectivity index (χ0) is 9.14. The van der Waals surface area contributed by atoms with Crippen molar-refractivity contribution in [1.82, 2.24) is 5.32 Å². The van der Waals surface area contributed by atoms with E-state index in [0.29, 0.717) is 6.42 Å². The first-order chi connectivity index (χ1) is 5.65. The van der Waals surface area contributed by atoms with Gasteiger partial charge in [-0.1, -0.05) is 18.7 Å². The summed E-state index contributed by atoms with van der Waals surface area (Å²) in [6.45, 7) is 1.87. The smallest absolute Gasteiger partial charge is 0.286 e. The maximum absolute atomic E-state index is 11.1. The number of amides is 2. The largest absolute Gasteiger partial charge is 0.286 e. The zero-order valence-electron chi connectivity index (χ0n) is 6.66. The number of thioether (sulfide) groups is 1. The molecule has 1 aliphatic heterocycles. The van der Waals surface area contributed by atoms with Crippen LogP contribution in [-0.4, -0.2) is 16.4 Å². The van der Waals surface area contributed by atoms with Gasteiger partial charge in [0.25, 0.3) is 5.24 Å². The Hall–Kier alpha value is -0.950. The maximum atomic E-state index is 11.1. The fourth-order valence-corrected chi connectivity index (χ4v) is 1.92. The Bertz CT molecular complexity index is 256. The van der Waals surface area contributed by atoms with Crippen molar-refractivity contribution < 1.29 is 9.59 Å². The highest BCUT2D eigenvalue weighted by atomic mass is 32.2. The lowest BCUT2D eigenvalue weighted by molar-refractivity contribution is -0.119. The lowest BCUT2D eigenvalue weighted by Gasteiger charge is -2.10. The summed E-state index contributed by atoms with van der Waals surface area (Å²) in [5.41, 5.74) is 0. The van der Waals surface area contributed by atoms with E-state index < -0.39 is 0 Å². The molecule has 12 heavy (non-hydrogen) atoms. The van der Waals surface area contributed by atoms with Crippen LogP contribution in [0.15, 0.2) is 0 Å². The van der Waals surface area contributed by atoms with E-state index in [1.54, 1.807) is 0 Å². The molecule has 1 saturated heterocycles. The standard InChI is InChI=1S/C8H9NO2S/c1-3-4-5(2)6-7(10)9-8(11)12-6/h1,5-6H,4H2,2H3,(H,9,10,11). The van der Waals surface area contributed by atoms with E-state index in [2.05, 4.69) is 11.2 Å². The summed E-state index contributed by atoms with van der Waals surface area (Å²) in [6, 6.07) is 0. The monoisotopic (exact) mass is 183 g/mol. The molecule has 1 aliphatic rings. The van der Waals surface area contributed by atoms with Gasteiger partial charge in [-0.3, -0.25) is 14.9 Å². The van der Waals surface area contributed by atoms with Crippen LogP contribution in [0.25, 0.3) is 0 Å². The van der Waals surface area contributed by atoms with E-state index in [-0.39, 0.29) is 22.3 Å². The van der Waals surface area contributed by atoms with Crippen LogP contribution in [0.2, 0.25) is 0 Å². The number of imide groups is 1. The number of carbonyl (C=O) groups is 2. The van der Waals surface area contributed by atoms with Gasteiger partial charge in [-0.25, -0.2) is 0 Å². The zero-order valence-corrected chi connectivity index (χ0v) is 7.48. The lowest BCUT2D eigenvalue weighted by Crippen LogP contribution is -2.28. The van der Waals surface area contributed by atoms with E-state index in [9.17, 15) is 9.59 Å². The van der Waals surface area contributed by atoms with Gasteiger partial charge in [-0.05, 0) is 5.92 Å². The third-order valence-electron chi connectivity index (χ3n) is 1.67. The van der Waals surface area contributed by atoms with E-state index in [4.69, 9.17) is 6.42 Å². The van der Waals surface area contributed by atoms with Gasteiger partial charge in [0.2, 0.25) is 5.91 Å². The Morgan fingerprint density at radius 2 is 2.42 bits per heavy atom. The van der Waals surface area contributed by atoms with E-state index >= 15 is 0 Å². The molecule has 1 N–H and O–H groups in total. The van der Waals surface area contributed by atoms with Crippen LogP contribution in [0.3, 0.4) is 0 Å². The molecule has 2 unspecified atom stereocenters. The SMILES string of the molecule is C#CCC(C)C1SC(=O)NC1=O. The molecule has 0 aromatic carbocycles. The van der Waals surface area contributed by atoms with Crippen molar-refractivity contribution in [2.75, 3.05) is 0 Å². The van der Waals surface area contributed by atoms with Crippen LogP contribution < -0.4 is 5.32 Å². The number of nitrogens with one attached hydrogen (secondary N) is 1. The van der Waals surface area contributed by atoms with Gasteiger partial charge < -0.3 is 0 Å². The summed E-state index contributed by atoms with van der Waals surface area (Å²) in [5, 5.41) is 1.66. The maximum Gasteiger partial charge on any atom is 0.286 e. The molecule has 0 aliphatic carbocycles. The highest BCUT2D eigenvalue weighted by Gasteiger charge is 2.35. The molecule has 0 aromatic heterocycles. The molecule has 2 amide bonds. The Morgan fingerprint density at radius 1 is 1.75 bits per heavy atom. The Morgan fingerprint density at radius 3 is 2.83 bits per heavy atom. The quantitative estimate of drug-likeness (QED) is 0.649. The van der Waals surface area contributed by atoms with Crippen molar-refractivity contribution in [1.29, 1.82) is 0 Å². The average Bonchev–Trinajstić information content (AvgIpc) is 2.30. The van der Waals surface area contributed by atoms with Gasteiger partial charge >= 0.3 is 0 Å². The fourth-order valence-electron chi connectivity index (χ4n) is 1.04. The Balaban J connectivity index is 2.59. The van der Waals surface area contributed by atoms with Gasteiger partial charge in [0.05, 0.1) is 5.25 Å². The van der Waals surface area contributed by atoms with Gasteiger partial charge in [-0.15, -0.1) is 12.3 Å². The molecule has 64 valence electrons. The van der Waals surface area contributed by atoms with E-state index in [0.717, 1.165) is 11.8 Å². The summed E-state index contributed by atoms with van der Waals surface area (Å²) in [5.74, 6) is 2.32. The molecule has 0 radical (unpaired) electrons. The highest BCUT2D eigenvalue weighted by Crippen LogP contribution is 2.27. The minimum atomic E-state index is -0.298. The van der Waals surface area contributed by atoms with Crippen molar-refractivity contribution in [3.05, 3.63) is 0 Å². The minimum Gasteiger partial charge on any atom is -0.286 e. The molecule has 1 heterocycles. The third-order valence-corrected chi connectivity index (χ3v) is 2.92. The first kappa shape index (κ1) is 9.14. The molecule has 3 nitrogen and oxygen atoms in total. The predicted octanol–water partition coefficient (Wildman–Crippen LogP) is 0.997. The van der Waals surface area contributed by atoms with Gasteiger partial charge in [0.1, 0.15) is 0 Å². The number of carbonyl (C=O) groups excluding carboxylic acids is 2. The molecule has 2 atom stereocenters. The molecule has 0 spiro atoms. The predicted molar refractivity (Wildman–Crippen MR) is 47.5 cm³/mol. The topological polar surface area (TPSA) is 46.2 Å². The van der Waals surface area contributed by atoms with Crippen LogP contribution in [0, 0.1) is 18.3 Å². The molecule has 1 rings (SSSR count). The van der Waals surface area contributed by atoms with Crippen LogP contribution in [0.1, 0.15) is 13.3 Å². The second-order valence-electron chi connectivity index (χ2n) is 2.70. The summed E-state index contributed by atoms with van der Waals surface area (Å²) in [7, 11) is 0. The summed E-state index contributed by atoms with van der Waals surface area (Å²) >= 11 is 1.03. The van der Waals surface area contributed by atoms with Gasteiger partial charge in [-0.2, -0.15) is 0 Å². The number of terminal acetylenes is 1. The normalized spacial score (nSPS) is 24.8. The second-order valence-corrected chi connectivity index (χ2v) is 3.82. The second kappa shape index (κ2) is 3.63. The van der Waals surface area contributed by atoms with Crippen LogP contribution in [-0.2, 0) is 4.79 Å². The van der Waals surface area contributed by atoms with Gasteiger partial charge in [0.15, 0.2) is 0 Å². The number of hydrogen-bond donors (Lipinski definition) is 1. The highest BCUT2D eigenvalue weighted by molar-refractivity contribution is 8.15. The fraction of sp³-hybridized carbons (Fsp3) is 0.500. The average molecular weight is 183 g/mol. The molecule has 1 fully saturated rings. The van der Waals surface area contributed by atoms with Crippen molar-refractivity contribution in [3.63, 3.8) is 0 Å². The van der Waals surface area contributed by atoms with Crippen molar-refractivity contribution in [2.45, 2.75) is 18.6 Å². The van der Waals surface area contributed by atoms with Crippen LogP contribution in [0.4, 0.5) is 4.79 Å². The minimum absolute atomic E-state index is 0.0615. The van der Waals surface area contributed by atoms with Crippen molar-refractivity contribution >= 4 is 22.9 Å². The summed E-state index contributed by atoms with van der Waals surface area (Å²) in [6.07, 6.45) is 5.63. The molecule has 0 aromatic rings. The first-order valence-electron chi connectivity index (χ1n) is 3.60. The van der Waals surface area contributed by atoms with Crippen LogP contribution >= 0.6 is 11.8 Å². The third kappa shape index (κ3) is 1.80. The van der Waals surface area contributed by atoms with Gasteiger partial charge in [0, 0.05) is 6.42 Å². The molecular formula is C8H9NO2S. The van der Waals surface area contributed by atoms with Crippen LogP contribution in [0.5, 0.6) is 0 Å². The van der Waals surface area contributed by atoms with Crippen molar-refractivity contribution in [2.24, 2.45) is 5.92 Å².